The Balaban J connectivity index is 1.31. The highest BCUT2D eigenvalue weighted by Gasteiger charge is 2.50. The molecule has 182 valence electrons. The standard InChI is InChI=1S/C28H30N2O5/c1-16-10-11-22-23(12-16)27(33)30(26(22)32)20-8-5-9-21(14-20)35-28(34)19-13-24(31)29(15-19)25-17(2)6-4-7-18(25)3/h4-9,14,16,19,22-23H,10-13,15H2,1-3H3/t16-,19+,22+,23-/m0/s1. The molecule has 0 bridgehead atoms. The highest BCUT2D eigenvalue weighted by Crippen LogP contribution is 2.42. The molecule has 0 spiro atoms. The number of benzene rings is 2. The van der Waals surface area contributed by atoms with Crippen molar-refractivity contribution in [2.45, 2.75) is 46.5 Å². The van der Waals surface area contributed by atoms with Crippen LogP contribution in [0, 0.1) is 37.5 Å². The van der Waals surface area contributed by atoms with Crippen LogP contribution in [0.2, 0.25) is 0 Å². The number of aryl methyl sites for hydroxylation is 2. The largest absolute Gasteiger partial charge is 0.426 e. The summed E-state index contributed by atoms with van der Waals surface area (Å²) in [7, 11) is 0. The Hall–Kier alpha value is -3.48. The first-order valence-electron chi connectivity index (χ1n) is 12.3. The number of imide groups is 1. The van der Waals surface area contributed by atoms with Crippen molar-refractivity contribution < 1.29 is 23.9 Å². The first kappa shape index (κ1) is 23.3. The maximum Gasteiger partial charge on any atom is 0.316 e. The van der Waals surface area contributed by atoms with Crippen LogP contribution in [0.1, 0.15) is 43.7 Å². The summed E-state index contributed by atoms with van der Waals surface area (Å²) in [5, 5.41) is 0. The van der Waals surface area contributed by atoms with Crippen LogP contribution in [-0.4, -0.2) is 30.2 Å². The molecule has 35 heavy (non-hydrogen) atoms. The summed E-state index contributed by atoms with van der Waals surface area (Å²) in [6.07, 6.45) is 2.49. The van der Waals surface area contributed by atoms with E-state index in [4.69, 9.17) is 4.74 Å². The lowest BCUT2D eigenvalue weighted by molar-refractivity contribution is -0.139. The average molecular weight is 475 g/mol. The molecule has 0 aromatic heterocycles. The summed E-state index contributed by atoms with van der Waals surface area (Å²) in [5.41, 5.74) is 3.23. The van der Waals surface area contributed by atoms with E-state index in [0.29, 0.717) is 11.6 Å². The van der Waals surface area contributed by atoms with Crippen LogP contribution >= 0.6 is 0 Å². The monoisotopic (exact) mass is 474 g/mol. The number of fused-ring (bicyclic) bond motifs is 1. The zero-order valence-electron chi connectivity index (χ0n) is 20.3. The van der Waals surface area contributed by atoms with E-state index in [-0.39, 0.29) is 48.3 Å². The van der Waals surface area contributed by atoms with Gasteiger partial charge in [0.15, 0.2) is 0 Å². The van der Waals surface area contributed by atoms with Gasteiger partial charge in [-0.3, -0.25) is 19.2 Å². The number of amides is 3. The third-order valence-electron chi connectivity index (χ3n) is 7.65. The van der Waals surface area contributed by atoms with Gasteiger partial charge in [-0.2, -0.15) is 0 Å². The second-order valence-electron chi connectivity index (χ2n) is 10.2. The van der Waals surface area contributed by atoms with Crippen LogP contribution < -0.4 is 14.5 Å². The van der Waals surface area contributed by atoms with Crippen molar-refractivity contribution in [2.24, 2.45) is 23.7 Å². The molecular weight excluding hydrogens is 444 g/mol. The van der Waals surface area contributed by atoms with Crippen molar-refractivity contribution in [3.63, 3.8) is 0 Å². The molecule has 2 aliphatic heterocycles. The number of nitrogens with zero attached hydrogens (tertiary/aromatic N) is 2. The first-order chi connectivity index (χ1) is 16.7. The molecule has 0 unspecified atom stereocenters. The maximum absolute atomic E-state index is 13.1. The van der Waals surface area contributed by atoms with Crippen molar-refractivity contribution in [1.29, 1.82) is 0 Å². The molecule has 2 aromatic rings. The number of para-hydroxylation sites is 1. The van der Waals surface area contributed by atoms with Crippen molar-refractivity contribution >= 4 is 35.1 Å². The summed E-state index contributed by atoms with van der Waals surface area (Å²) in [4.78, 5) is 54.7. The minimum Gasteiger partial charge on any atom is -0.426 e. The van der Waals surface area contributed by atoms with Gasteiger partial charge in [0, 0.05) is 24.7 Å². The minimum absolute atomic E-state index is 0.0803. The normalized spacial score (nSPS) is 26.3. The molecule has 4 atom stereocenters. The fraction of sp³-hybridized carbons (Fsp3) is 0.429. The Morgan fingerprint density at radius 1 is 0.943 bits per heavy atom. The number of hydrogen-bond donors (Lipinski definition) is 0. The lowest BCUT2D eigenvalue weighted by Gasteiger charge is -2.25. The molecule has 0 N–H and O–H groups in total. The fourth-order valence-corrected chi connectivity index (χ4v) is 5.84. The average Bonchev–Trinajstić information content (AvgIpc) is 3.31. The molecule has 5 rings (SSSR count). The van der Waals surface area contributed by atoms with Gasteiger partial charge in [0.25, 0.3) is 0 Å². The second kappa shape index (κ2) is 8.95. The van der Waals surface area contributed by atoms with Crippen LogP contribution in [0.15, 0.2) is 42.5 Å². The van der Waals surface area contributed by atoms with Crippen LogP contribution in [0.5, 0.6) is 5.75 Å². The van der Waals surface area contributed by atoms with Crippen molar-refractivity contribution in [1.82, 2.24) is 0 Å². The number of rotatable bonds is 4. The Morgan fingerprint density at radius 3 is 2.37 bits per heavy atom. The Morgan fingerprint density at radius 2 is 1.63 bits per heavy atom. The predicted molar refractivity (Wildman–Crippen MR) is 131 cm³/mol. The van der Waals surface area contributed by atoms with Gasteiger partial charge >= 0.3 is 5.97 Å². The van der Waals surface area contributed by atoms with Gasteiger partial charge < -0.3 is 9.64 Å². The number of ether oxygens (including phenoxy) is 1. The molecule has 2 heterocycles. The summed E-state index contributed by atoms with van der Waals surface area (Å²) in [6, 6.07) is 12.4. The van der Waals surface area contributed by atoms with E-state index >= 15 is 0 Å². The van der Waals surface area contributed by atoms with Crippen LogP contribution in [0.25, 0.3) is 0 Å². The third kappa shape index (κ3) is 4.13. The summed E-state index contributed by atoms with van der Waals surface area (Å²) in [5.74, 6) is -1.37. The highest BCUT2D eigenvalue weighted by molar-refractivity contribution is 6.22. The van der Waals surface area contributed by atoms with Crippen LogP contribution in [-0.2, 0) is 19.2 Å². The second-order valence-corrected chi connectivity index (χ2v) is 10.2. The van der Waals surface area contributed by atoms with Gasteiger partial charge in [-0.1, -0.05) is 31.2 Å². The number of hydrogen-bond acceptors (Lipinski definition) is 5. The van der Waals surface area contributed by atoms with Crippen molar-refractivity contribution in [3.8, 4) is 5.75 Å². The van der Waals surface area contributed by atoms with E-state index in [0.717, 1.165) is 36.1 Å². The minimum atomic E-state index is -0.593. The summed E-state index contributed by atoms with van der Waals surface area (Å²) < 4.78 is 5.63. The van der Waals surface area contributed by atoms with E-state index in [1.54, 1.807) is 29.2 Å². The van der Waals surface area contributed by atoms with Crippen molar-refractivity contribution in [2.75, 3.05) is 16.3 Å². The van der Waals surface area contributed by atoms with E-state index in [2.05, 4.69) is 6.92 Å². The molecule has 1 aliphatic carbocycles. The molecule has 7 heteroatoms. The molecule has 0 radical (unpaired) electrons. The third-order valence-corrected chi connectivity index (χ3v) is 7.65. The predicted octanol–water partition coefficient (Wildman–Crippen LogP) is 4.19. The van der Waals surface area contributed by atoms with Gasteiger partial charge in [0.05, 0.1) is 23.4 Å². The van der Waals surface area contributed by atoms with E-state index in [1.165, 1.54) is 4.90 Å². The van der Waals surface area contributed by atoms with E-state index in [1.807, 2.05) is 32.0 Å². The smallest absolute Gasteiger partial charge is 0.316 e. The molecule has 2 saturated heterocycles. The van der Waals surface area contributed by atoms with Gasteiger partial charge in [-0.25, -0.2) is 4.90 Å². The SMILES string of the molecule is Cc1cccc(C)c1N1C[C@H](C(=O)Oc2cccc(N3C(=O)[C@H]4C[C@@H](C)CC[C@H]4C3=O)c2)CC1=O. The lowest BCUT2D eigenvalue weighted by atomic mass is 9.76. The Labute approximate surface area is 205 Å². The molecule has 3 aliphatic rings. The molecule has 1 saturated carbocycles. The quantitative estimate of drug-likeness (QED) is 0.377. The van der Waals surface area contributed by atoms with Crippen molar-refractivity contribution in [3.05, 3.63) is 53.6 Å². The number of carbonyl (C=O) groups excluding carboxylic acids is 4. The number of carbonyl (C=O) groups is 4. The highest BCUT2D eigenvalue weighted by atomic mass is 16.5. The van der Waals surface area contributed by atoms with Gasteiger partial charge in [0.1, 0.15) is 5.75 Å². The molecule has 7 nitrogen and oxygen atoms in total. The van der Waals surface area contributed by atoms with Gasteiger partial charge in [0.2, 0.25) is 17.7 Å². The zero-order valence-corrected chi connectivity index (χ0v) is 20.3. The molecule has 3 fully saturated rings. The van der Waals surface area contributed by atoms with Gasteiger partial charge in [-0.05, 0) is 62.3 Å². The molecule has 2 aromatic carbocycles. The number of esters is 1. The van der Waals surface area contributed by atoms with Gasteiger partial charge in [-0.15, -0.1) is 0 Å². The maximum atomic E-state index is 13.1. The lowest BCUT2D eigenvalue weighted by Crippen LogP contribution is -2.31. The van der Waals surface area contributed by atoms with Crippen LogP contribution in [0.4, 0.5) is 11.4 Å². The molecular formula is C28H30N2O5. The first-order valence-corrected chi connectivity index (χ1v) is 12.3. The molecule has 3 amide bonds. The van der Waals surface area contributed by atoms with E-state index in [9.17, 15) is 19.2 Å². The topological polar surface area (TPSA) is 84.0 Å². The Kier molecular flexibility index (Phi) is 5.95. The number of anilines is 2. The summed E-state index contributed by atoms with van der Waals surface area (Å²) in [6.45, 7) is 6.27. The Bertz CT molecular complexity index is 1200. The van der Waals surface area contributed by atoms with E-state index < -0.39 is 11.9 Å². The fourth-order valence-electron chi connectivity index (χ4n) is 5.84. The zero-order chi connectivity index (χ0) is 24.9. The van der Waals surface area contributed by atoms with Crippen LogP contribution in [0.3, 0.4) is 0 Å². The summed E-state index contributed by atoms with van der Waals surface area (Å²) >= 11 is 0.